The van der Waals surface area contributed by atoms with Crippen molar-refractivity contribution in [3.8, 4) is 0 Å². The lowest BCUT2D eigenvalue weighted by molar-refractivity contribution is -0.142. The van der Waals surface area contributed by atoms with Crippen LogP contribution in [0.2, 0.25) is 0 Å². The van der Waals surface area contributed by atoms with E-state index >= 15 is 0 Å². The Morgan fingerprint density at radius 2 is 1.78 bits per heavy atom. The third-order valence-electron chi connectivity index (χ3n) is 7.01. The summed E-state index contributed by atoms with van der Waals surface area (Å²) < 4.78 is 38.9. The second-order valence-electron chi connectivity index (χ2n) is 9.10. The molecule has 168 valence electrons. The summed E-state index contributed by atoms with van der Waals surface area (Å²) in [5.74, 6) is -0.977. The Labute approximate surface area is 182 Å². The molecule has 1 saturated carbocycles. The first-order valence-electron chi connectivity index (χ1n) is 11.0. The first-order valence-corrected chi connectivity index (χ1v) is 11.0. The average Bonchev–Trinajstić information content (AvgIpc) is 3.25. The van der Waals surface area contributed by atoms with Crippen LogP contribution in [0.3, 0.4) is 0 Å². The van der Waals surface area contributed by atoms with Crippen molar-refractivity contribution in [3.05, 3.63) is 47.1 Å². The Hall–Kier alpha value is -2.88. The van der Waals surface area contributed by atoms with Crippen LogP contribution in [0, 0.1) is 11.6 Å². The van der Waals surface area contributed by atoms with E-state index in [-0.39, 0.29) is 17.7 Å². The van der Waals surface area contributed by atoms with Gasteiger partial charge in [-0.05, 0) is 43.4 Å². The van der Waals surface area contributed by atoms with Crippen molar-refractivity contribution in [2.75, 3.05) is 13.1 Å². The van der Waals surface area contributed by atoms with E-state index in [1.807, 2.05) is 0 Å². The molecule has 1 aromatic heterocycles. The molecule has 1 aliphatic carbocycles. The molecule has 4 heterocycles. The molecule has 10 heteroatoms. The average molecular weight is 444 g/mol. The Kier molecular flexibility index (Phi) is 4.36. The molecule has 1 spiro atoms. The second-order valence-corrected chi connectivity index (χ2v) is 9.10. The summed E-state index contributed by atoms with van der Waals surface area (Å²) in [6, 6.07) is 2.95. The number of hydrogen-bond donors (Lipinski definition) is 0. The maximum Gasteiger partial charge on any atom is 0.316 e. The molecule has 4 fully saturated rings. The quantitative estimate of drug-likeness (QED) is 0.723. The number of piperidine rings is 1. The van der Waals surface area contributed by atoms with E-state index in [9.17, 15) is 18.4 Å². The summed E-state index contributed by atoms with van der Waals surface area (Å²) in [6.45, 7) is 0.650. The lowest BCUT2D eigenvalue weighted by Crippen LogP contribution is -2.51. The third-order valence-corrected chi connectivity index (χ3v) is 7.01. The van der Waals surface area contributed by atoms with E-state index in [4.69, 9.17) is 9.26 Å². The van der Waals surface area contributed by atoms with Gasteiger partial charge in [-0.3, -0.25) is 9.59 Å². The molecule has 0 N–H and O–H groups in total. The molecule has 6 rings (SSSR count). The minimum absolute atomic E-state index is 0.0182. The molecular weight excluding hydrogens is 422 g/mol. The molecule has 2 atom stereocenters. The molecule has 32 heavy (non-hydrogen) atoms. The fraction of sp³-hybridized carbons (Fsp3) is 0.545. The smallest absolute Gasteiger partial charge is 0.316 e. The number of nitrogens with zero attached hydrogens (tertiary/aromatic N) is 4. The number of fused-ring (bicyclic) bond motifs is 1. The maximum absolute atomic E-state index is 13.7. The van der Waals surface area contributed by atoms with Crippen LogP contribution in [0.15, 0.2) is 22.7 Å². The Bertz CT molecular complexity index is 1070. The van der Waals surface area contributed by atoms with E-state index in [1.165, 1.54) is 12.1 Å². The molecule has 0 bridgehead atoms. The number of likely N-dealkylation sites (tertiary alicyclic amines) is 1. The molecule has 1 unspecified atom stereocenters. The van der Waals surface area contributed by atoms with Crippen molar-refractivity contribution < 1.29 is 27.6 Å². The number of rotatable bonds is 3. The van der Waals surface area contributed by atoms with Crippen LogP contribution >= 0.6 is 0 Å². The highest BCUT2D eigenvalue weighted by Crippen LogP contribution is 2.48. The first kappa shape index (κ1) is 19.8. The van der Waals surface area contributed by atoms with Gasteiger partial charge in [0.1, 0.15) is 17.9 Å². The Morgan fingerprint density at radius 1 is 1.06 bits per heavy atom. The number of amides is 2. The highest BCUT2D eigenvalue weighted by atomic mass is 19.1. The molecule has 0 radical (unpaired) electrons. The number of halogens is 2. The van der Waals surface area contributed by atoms with Crippen LogP contribution < -0.4 is 0 Å². The summed E-state index contributed by atoms with van der Waals surface area (Å²) in [4.78, 5) is 33.6. The van der Waals surface area contributed by atoms with Crippen molar-refractivity contribution in [3.63, 3.8) is 0 Å². The van der Waals surface area contributed by atoms with Crippen LogP contribution in [0.1, 0.15) is 72.6 Å². The summed E-state index contributed by atoms with van der Waals surface area (Å²) in [6.07, 6.45) is 3.49. The van der Waals surface area contributed by atoms with E-state index in [2.05, 4.69) is 10.1 Å². The minimum Gasteiger partial charge on any atom is -0.342 e. The van der Waals surface area contributed by atoms with E-state index in [1.54, 1.807) is 9.80 Å². The number of aromatic nitrogens is 2. The lowest BCUT2D eigenvalue weighted by atomic mass is 9.89. The molecule has 2 amide bonds. The summed E-state index contributed by atoms with van der Waals surface area (Å²) in [5.41, 5.74) is -0.575. The van der Waals surface area contributed by atoms with Crippen LogP contribution in [-0.4, -0.2) is 56.7 Å². The zero-order valence-corrected chi connectivity index (χ0v) is 17.3. The van der Waals surface area contributed by atoms with Crippen molar-refractivity contribution in [2.24, 2.45) is 0 Å². The van der Waals surface area contributed by atoms with Crippen LogP contribution in [-0.2, 0) is 9.53 Å². The molecule has 3 saturated heterocycles. The number of ether oxygens (including phenoxy) is 1. The Morgan fingerprint density at radius 3 is 2.47 bits per heavy atom. The maximum atomic E-state index is 13.7. The van der Waals surface area contributed by atoms with Gasteiger partial charge in [0.15, 0.2) is 11.4 Å². The van der Waals surface area contributed by atoms with Gasteiger partial charge in [0, 0.05) is 37.9 Å². The minimum atomic E-state index is -1.01. The van der Waals surface area contributed by atoms with E-state index in [0.717, 1.165) is 18.9 Å². The molecule has 8 nitrogen and oxygen atoms in total. The van der Waals surface area contributed by atoms with Gasteiger partial charge in [0.2, 0.25) is 0 Å². The molecule has 3 aliphatic heterocycles. The largest absolute Gasteiger partial charge is 0.342 e. The monoisotopic (exact) mass is 444 g/mol. The molecular formula is C22H22F2N4O4. The highest BCUT2D eigenvalue weighted by Gasteiger charge is 2.58. The van der Waals surface area contributed by atoms with Crippen molar-refractivity contribution in [2.45, 2.75) is 62.3 Å². The highest BCUT2D eigenvalue weighted by molar-refractivity contribution is 5.91. The number of benzene rings is 1. The van der Waals surface area contributed by atoms with E-state index in [0.29, 0.717) is 56.1 Å². The SMILES string of the molecule is O=C(c1nc(C2CC2)no1)N1CCC2(CC1)OC1CC[C@@H](c3cc(F)cc(F)c3)N1C2=O. The molecule has 1 aromatic carbocycles. The Balaban J connectivity index is 1.16. The standard InChI is InChI=1S/C22H22F2N4O4/c23-14-9-13(10-15(24)11-14)16-3-4-17-28(16)21(30)22(31-17)5-7-27(8-6-22)20(29)19-25-18(26-32-19)12-1-2-12/h9-12,16-17H,1-8H2/t16-,17?/m0/s1. The number of carbonyl (C=O) groups excluding carboxylic acids is 2. The van der Waals surface area contributed by atoms with Crippen LogP contribution in [0.4, 0.5) is 8.78 Å². The summed E-state index contributed by atoms with van der Waals surface area (Å²) in [5, 5.41) is 3.89. The predicted molar refractivity (Wildman–Crippen MR) is 104 cm³/mol. The van der Waals surface area contributed by atoms with Gasteiger partial charge in [-0.15, -0.1) is 0 Å². The van der Waals surface area contributed by atoms with E-state index < -0.39 is 29.5 Å². The number of hydrogen-bond acceptors (Lipinski definition) is 6. The van der Waals surface area contributed by atoms with Gasteiger partial charge in [-0.2, -0.15) is 4.98 Å². The van der Waals surface area contributed by atoms with Crippen molar-refractivity contribution in [1.82, 2.24) is 19.9 Å². The van der Waals surface area contributed by atoms with Crippen molar-refractivity contribution in [1.29, 1.82) is 0 Å². The van der Waals surface area contributed by atoms with Gasteiger partial charge in [0.05, 0.1) is 6.04 Å². The normalized spacial score (nSPS) is 26.8. The summed E-state index contributed by atoms with van der Waals surface area (Å²) >= 11 is 0. The van der Waals surface area contributed by atoms with Gasteiger partial charge in [-0.1, -0.05) is 5.16 Å². The topological polar surface area (TPSA) is 88.8 Å². The summed E-state index contributed by atoms with van der Waals surface area (Å²) in [7, 11) is 0. The van der Waals surface area contributed by atoms with Gasteiger partial charge < -0.3 is 19.1 Å². The first-order chi connectivity index (χ1) is 15.4. The molecule has 2 aromatic rings. The lowest BCUT2D eigenvalue weighted by Gasteiger charge is -2.37. The second kappa shape index (κ2) is 7.06. The fourth-order valence-corrected chi connectivity index (χ4v) is 5.18. The fourth-order valence-electron chi connectivity index (χ4n) is 5.18. The molecule has 4 aliphatic rings. The van der Waals surface area contributed by atoms with Crippen LogP contribution in [0.5, 0.6) is 0 Å². The zero-order valence-electron chi connectivity index (χ0n) is 17.3. The zero-order chi connectivity index (χ0) is 22.0. The number of carbonyl (C=O) groups is 2. The predicted octanol–water partition coefficient (Wildman–Crippen LogP) is 2.92. The van der Waals surface area contributed by atoms with Gasteiger partial charge >= 0.3 is 11.8 Å². The van der Waals surface area contributed by atoms with Gasteiger partial charge in [-0.25, -0.2) is 8.78 Å². The van der Waals surface area contributed by atoms with Gasteiger partial charge in [0.25, 0.3) is 5.91 Å². The van der Waals surface area contributed by atoms with Crippen LogP contribution in [0.25, 0.3) is 0 Å². The van der Waals surface area contributed by atoms with Crippen molar-refractivity contribution >= 4 is 11.8 Å². The third kappa shape index (κ3) is 3.11.